The van der Waals surface area contributed by atoms with E-state index in [0.717, 1.165) is 12.8 Å². The molecule has 2 bridgehead atoms. The van der Waals surface area contributed by atoms with Crippen LogP contribution in [0.2, 0.25) is 0 Å². The van der Waals surface area contributed by atoms with Crippen LogP contribution in [0.4, 0.5) is 0 Å². The van der Waals surface area contributed by atoms with Gasteiger partial charge in [-0.25, -0.2) is 13.1 Å². The van der Waals surface area contributed by atoms with Gasteiger partial charge in [0.2, 0.25) is 10.0 Å². The second-order valence-corrected chi connectivity index (χ2v) is 8.59. The second kappa shape index (κ2) is 6.53. The molecule has 2 saturated heterocycles. The van der Waals surface area contributed by atoms with Gasteiger partial charge in [0.1, 0.15) is 5.76 Å². The minimum atomic E-state index is -3.63. The van der Waals surface area contributed by atoms with Crippen LogP contribution < -0.4 is 15.4 Å². The van der Waals surface area contributed by atoms with Crippen LogP contribution in [0, 0.1) is 0 Å². The van der Waals surface area contributed by atoms with Crippen LogP contribution in [0.5, 0.6) is 0 Å². The van der Waals surface area contributed by atoms with Crippen LogP contribution in [-0.2, 0) is 10.0 Å². The van der Waals surface area contributed by atoms with Gasteiger partial charge in [-0.3, -0.25) is 4.79 Å². The first kappa shape index (κ1) is 17.3. The van der Waals surface area contributed by atoms with Crippen molar-refractivity contribution in [3.05, 3.63) is 42.2 Å². The van der Waals surface area contributed by atoms with Crippen molar-refractivity contribution < 1.29 is 17.6 Å². The average molecular weight is 375 g/mol. The van der Waals surface area contributed by atoms with Crippen molar-refractivity contribution in [2.24, 2.45) is 0 Å². The quantitative estimate of drug-likeness (QED) is 0.735. The Hall–Kier alpha value is -2.16. The van der Waals surface area contributed by atoms with Gasteiger partial charge in [0.25, 0.3) is 5.91 Å². The number of hydrogen-bond donors (Lipinski definition) is 3. The van der Waals surface area contributed by atoms with Crippen molar-refractivity contribution in [2.45, 2.75) is 42.3 Å². The molecule has 2 fully saturated rings. The monoisotopic (exact) mass is 375 g/mol. The zero-order chi connectivity index (χ0) is 18.3. The number of carbonyl (C=O) groups is 1. The molecule has 0 aliphatic carbocycles. The van der Waals surface area contributed by atoms with Crippen LogP contribution in [-0.4, -0.2) is 39.5 Å². The maximum Gasteiger partial charge on any atom is 0.287 e. The van der Waals surface area contributed by atoms with Crippen molar-refractivity contribution in [1.29, 1.82) is 0 Å². The highest BCUT2D eigenvalue weighted by Gasteiger charge is 2.40. The molecule has 0 saturated carbocycles. The number of sulfonamides is 1. The SMILES string of the molecule is CNS(=O)(=O)c1ccccc1-c1ccc(C(=O)NC2CC3CCC2N3)o1. The van der Waals surface area contributed by atoms with E-state index in [2.05, 4.69) is 15.4 Å². The third-order valence-corrected chi connectivity index (χ3v) is 6.63. The largest absolute Gasteiger partial charge is 0.451 e. The smallest absolute Gasteiger partial charge is 0.287 e. The molecule has 1 aromatic heterocycles. The molecule has 2 aliphatic rings. The second-order valence-electron chi connectivity index (χ2n) is 6.73. The van der Waals surface area contributed by atoms with Crippen LogP contribution in [0.15, 0.2) is 45.7 Å². The zero-order valence-corrected chi connectivity index (χ0v) is 15.2. The third-order valence-electron chi connectivity index (χ3n) is 5.16. The lowest BCUT2D eigenvalue weighted by Gasteiger charge is -2.20. The summed E-state index contributed by atoms with van der Waals surface area (Å²) in [5, 5.41) is 6.50. The highest BCUT2D eigenvalue weighted by Crippen LogP contribution is 2.30. The highest BCUT2D eigenvalue weighted by molar-refractivity contribution is 7.89. The first-order chi connectivity index (χ1) is 12.5. The molecule has 3 N–H and O–H groups in total. The number of benzene rings is 1. The van der Waals surface area contributed by atoms with E-state index in [1.54, 1.807) is 30.3 Å². The fourth-order valence-electron chi connectivity index (χ4n) is 3.84. The van der Waals surface area contributed by atoms with E-state index in [1.165, 1.54) is 19.5 Å². The minimum Gasteiger partial charge on any atom is -0.451 e. The first-order valence-electron chi connectivity index (χ1n) is 8.67. The van der Waals surface area contributed by atoms with Gasteiger partial charge in [-0.05, 0) is 50.6 Å². The number of furan rings is 1. The molecule has 4 rings (SSSR count). The van der Waals surface area contributed by atoms with Gasteiger partial charge in [0.15, 0.2) is 5.76 Å². The molecule has 2 aliphatic heterocycles. The number of hydrogen-bond acceptors (Lipinski definition) is 5. The highest BCUT2D eigenvalue weighted by atomic mass is 32.2. The van der Waals surface area contributed by atoms with Gasteiger partial charge < -0.3 is 15.1 Å². The molecule has 2 aromatic rings. The summed E-state index contributed by atoms with van der Waals surface area (Å²) in [7, 11) is -2.27. The Morgan fingerprint density at radius 2 is 2.00 bits per heavy atom. The Morgan fingerprint density at radius 3 is 2.69 bits per heavy atom. The standard InChI is InChI=1S/C18H21N3O4S/c1-19-26(23,24)17-5-3-2-4-12(17)15-8-9-16(25-15)18(22)21-14-10-11-6-7-13(14)20-11/h2-5,8-9,11,13-14,19-20H,6-7,10H2,1H3,(H,21,22). The summed E-state index contributed by atoms with van der Waals surface area (Å²) in [6.07, 6.45) is 3.18. The van der Waals surface area contributed by atoms with Gasteiger partial charge in [0.05, 0.1) is 4.90 Å². The zero-order valence-electron chi connectivity index (χ0n) is 14.4. The molecular formula is C18H21N3O4S. The van der Waals surface area contributed by atoms with E-state index in [0.29, 0.717) is 23.4 Å². The molecule has 8 heteroatoms. The van der Waals surface area contributed by atoms with E-state index >= 15 is 0 Å². The van der Waals surface area contributed by atoms with Crippen LogP contribution in [0.1, 0.15) is 29.8 Å². The lowest BCUT2D eigenvalue weighted by atomic mass is 9.95. The molecule has 138 valence electrons. The van der Waals surface area contributed by atoms with E-state index in [4.69, 9.17) is 4.42 Å². The lowest BCUT2D eigenvalue weighted by Crippen LogP contribution is -2.42. The van der Waals surface area contributed by atoms with Crippen LogP contribution in [0.25, 0.3) is 11.3 Å². The summed E-state index contributed by atoms with van der Waals surface area (Å²) in [6.45, 7) is 0. The lowest BCUT2D eigenvalue weighted by molar-refractivity contribution is 0.0903. The summed E-state index contributed by atoms with van der Waals surface area (Å²) in [5.41, 5.74) is 0.419. The summed E-state index contributed by atoms with van der Waals surface area (Å²) in [6, 6.07) is 10.7. The molecule has 1 aromatic carbocycles. The maximum absolute atomic E-state index is 12.5. The molecular weight excluding hydrogens is 354 g/mol. The summed E-state index contributed by atoms with van der Waals surface area (Å²) in [4.78, 5) is 12.6. The van der Waals surface area contributed by atoms with Gasteiger partial charge in [-0.1, -0.05) is 12.1 Å². The number of carbonyl (C=O) groups excluding carboxylic acids is 1. The normalized spacial score (nSPS) is 24.7. The van der Waals surface area contributed by atoms with Gasteiger partial charge in [-0.15, -0.1) is 0 Å². The molecule has 3 atom stereocenters. The molecule has 1 amide bonds. The van der Waals surface area contributed by atoms with E-state index in [1.807, 2.05) is 0 Å². The summed E-state index contributed by atoms with van der Waals surface area (Å²) in [5.74, 6) is 0.250. The Balaban J connectivity index is 1.56. The molecule has 26 heavy (non-hydrogen) atoms. The number of fused-ring (bicyclic) bond motifs is 2. The average Bonchev–Trinajstić information content (AvgIpc) is 3.38. The minimum absolute atomic E-state index is 0.112. The number of nitrogens with one attached hydrogen (secondary N) is 3. The van der Waals surface area contributed by atoms with E-state index < -0.39 is 10.0 Å². The maximum atomic E-state index is 12.5. The van der Waals surface area contributed by atoms with Crippen molar-refractivity contribution in [1.82, 2.24) is 15.4 Å². The fraction of sp³-hybridized carbons (Fsp3) is 0.389. The molecule has 0 radical (unpaired) electrons. The van der Waals surface area contributed by atoms with Crippen LogP contribution in [0.3, 0.4) is 0 Å². The van der Waals surface area contributed by atoms with Crippen molar-refractivity contribution in [3.63, 3.8) is 0 Å². The predicted molar refractivity (Wildman–Crippen MR) is 96.2 cm³/mol. The van der Waals surface area contributed by atoms with Crippen molar-refractivity contribution in [2.75, 3.05) is 7.05 Å². The topological polar surface area (TPSA) is 100 Å². The van der Waals surface area contributed by atoms with E-state index in [-0.39, 0.29) is 22.6 Å². The van der Waals surface area contributed by atoms with Gasteiger partial charge in [0, 0.05) is 23.7 Å². The Morgan fingerprint density at radius 1 is 1.19 bits per heavy atom. The van der Waals surface area contributed by atoms with Crippen LogP contribution >= 0.6 is 0 Å². The van der Waals surface area contributed by atoms with Crippen molar-refractivity contribution in [3.8, 4) is 11.3 Å². The predicted octanol–water partition coefficient (Wildman–Crippen LogP) is 1.48. The molecule has 3 unspecified atom stereocenters. The summed E-state index contributed by atoms with van der Waals surface area (Å²) >= 11 is 0. The Bertz CT molecular complexity index is 937. The molecule has 3 heterocycles. The molecule has 7 nitrogen and oxygen atoms in total. The first-order valence-corrected chi connectivity index (χ1v) is 10.2. The fourth-order valence-corrected chi connectivity index (χ4v) is 4.78. The summed E-state index contributed by atoms with van der Waals surface area (Å²) < 4.78 is 32.4. The van der Waals surface area contributed by atoms with Crippen molar-refractivity contribution >= 4 is 15.9 Å². The van der Waals surface area contributed by atoms with Gasteiger partial charge >= 0.3 is 0 Å². The molecule has 0 spiro atoms. The third kappa shape index (κ3) is 3.04. The number of amides is 1. The number of rotatable bonds is 5. The Kier molecular flexibility index (Phi) is 4.34. The Labute approximate surface area is 152 Å². The van der Waals surface area contributed by atoms with Gasteiger partial charge in [-0.2, -0.15) is 0 Å². The van der Waals surface area contributed by atoms with E-state index in [9.17, 15) is 13.2 Å².